The predicted molar refractivity (Wildman–Crippen MR) is 58.7 cm³/mol. The van der Waals surface area contributed by atoms with Crippen molar-refractivity contribution in [1.82, 2.24) is 0 Å². The summed E-state index contributed by atoms with van der Waals surface area (Å²) in [4.78, 5) is 0. The van der Waals surface area contributed by atoms with Crippen molar-refractivity contribution in [2.45, 2.75) is 46.5 Å². The van der Waals surface area contributed by atoms with Crippen molar-refractivity contribution in [2.75, 3.05) is 6.61 Å². The Morgan fingerprint density at radius 1 is 1.23 bits per heavy atom. The lowest BCUT2D eigenvalue weighted by Gasteiger charge is -2.07. The molecule has 0 aromatic rings. The normalized spacial score (nSPS) is 12.4. The molecular formula is C12H22O. The van der Waals surface area contributed by atoms with Crippen molar-refractivity contribution >= 4 is 0 Å². The van der Waals surface area contributed by atoms with E-state index < -0.39 is 0 Å². The van der Waals surface area contributed by atoms with Gasteiger partial charge in [0.1, 0.15) is 6.61 Å². The monoisotopic (exact) mass is 182 g/mol. The first kappa shape index (κ1) is 12.3. The molecule has 0 atom stereocenters. The van der Waals surface area contributed by atoms with Crippen molar-refractivity contribution in [2.24, 2.45) is 0 Å². The van der Waals surface area contributed by atoms with E-state index in [9.17, 15) is 0 Å². The van der Waals surface area contributed by atoms with Crippen LogP contribution in [0.1, 0.15) is 46.5 Å². The summed E-state index contributed by atoms with van der Waals surface area (Å²) in [7, 11) is 0. The lowest BCUT2D eigenvalue weighted by atomic mass is 10.2. The molecule has 0 unspecified atom stereocenters. The van der Waals surface area contributed by atoms with Gasteiger partial charge in [0.2, 0.25) is 0 Å². The highest BCUT2D eigenvalue weighted by molar-refractivity contribution is 4.91. The summed E-state index contributed by atoms with van der Waals surface area (Å²) < 4.78 is 5.55. The molecule has 0 aliphatic carbocycles. The summed E-state index contributed by atoms with van der Waals surface area (Å²) in [5.41, 5.74) is 0. The van der Waals surface area contributed by atoms with E-state index in [0.29, 0.717) is 6.61 Å². The zero-order chi connectivity index (χ0) is 9.94. The second-order valence-electron chi connectivity index (χ2n) is 3.09. The summed E-state index contributed by atoms with van der Waals surface area (Å²) in [6.07, 6.45) is 11.0. The summed E-state index contributed by atoms with van der Waals surface area (Å²) in [5.74, 6) is 1.13. The number of unbranched alkanes of at least 4 members (excludes halogenated alkanes) is 2. The number of allylic oxidation sites excluding steroid dienone is 3. The largest absolute Gasteiger partial charge is 0.494 e. The number of hydrogen-bond acceptors (Lipinski definition) is 1. The minimum Gasteiger partial charge on any atom is -0.494 e. The molecule has 0 aliphatic rings. The van der Waals surface area contributed by atoms with E-state index in [2.05, 4.69) is 13.0 Å². The van der Waals surface area contributed by atoms with Crippen LogP contribution < -0.4 is 0 Å². The molecule has 0 radical (unpaired) electrons. The smallest absolute Gasteiger partial charge is 0.106 e. The number of ether oxygens (including phenoxy) is 1. The van der Waals surface area contributed by atoms with Crippen LogP contribution in [0.4, 0.5) is 0 Å². The molecule has 1 heteroatoms. The number of hydrogen-bond donors (Lipinski definition) is 0. The van der Waals surface area contributed by atoms with E-state index in [-0.39, 0.29) is 0 Å². The van der Waals surface area contributed by atoms with Gasteiger partial charge >= 0.3 is 0 Å². The third-order valence-corrected chi connectivity index (χ3v) is 1.95. The van der Waals surface area contributed by atoms with Crippen LogP contribution in [-0.4, -0.2) is 6.61 Å². The van der Waals surface area contributed by atoms with Gasteiger partial charge in [-0.15, -0.1) is 0 Å². The maximum absolute atomic E-state index is 5.55. The molecule has 0 spiro atoms. The van der Waals surface area contributed by atoms with Gasteiger partial charge in [0.25, 0.3) is 0 Å². The van der Waals surface area contributed by atoms with Gasteiger partial charge in [-0.2, -0.15) is 0 Å². The molecule has 0 saturated carbocycles. The predicted octanol–water partition coefficient (Wildman–Crippen LogP) is 4.06. The van der Waals surface area contributed by atoms with E-state index in [4.69, 9.17) is 4.74 Å². The molecule has 0 amide bonds. The van der Waals surface area contributed by atoms with Crippen LogP contribution in [0.2, 0.25) is 0 Å². The molecule has 13 heavy (non-hydrogen) atoms. The molecule has 0 aromatic heterocycles. The molecule has 0 saturated heterocycles. The number of rotatable bonds is 7. The van der Waals surface area contributed by atoms with E-state index in [0.717, 1.165) is 12.2 Å². The fraction of sp³-hybridized carbons (Fsp3) is 0.667. The van der Waals surface area contributed by atoms with Gasteiger partial charge in [0.05, 0.1) is 5.76 Å². The first-order valence-corrected chi connectivity index (χ1v) is 5.24. The molecular weight excluding hydrogens is 160 g/mol. The Labute approximate surface area is 82.5 Å². The molecule has 0 heterocycles. The highest BCUT2D eigenvalue weighted by atomic mass is 16.5. The van der Waals surface area contributed by atoms with Gasteiger partial charge in [0.15, 0.2) is 0 Å². The fourth-order valence-corrected chi connectivity index (χ4v) is 1.10. The lowest BCUT2D eigenvalue weighted by Crippen LogP contribution is -1.92. The van der Waals surface area contributed by atoms with Gasteiger partial charge in [-0.1, -0.05) is 31.9 Å². The lowest BCUT2D eigenvalue weighted by molar-refractivity contribution is 0.233. The van der Waals surface area contributed by atoms with Gasteiger partial charge in [0, 0.05) is 6.42 Å². The zero-order valence-electron chi connectivity index (χ0n) is 9.18. The van der Waals surface area contributed by atoms with E-state index in [1.807, 2.05) is 26.0 Å². The van der Waals surface area contributed by atoms with Crippen molar-refractivity contribution in [3.63, 3.8) is 0 Å². The third kappa shape index (κ3) is 7.63. The molecule has 0 N–H and O–H groups in total. The molecule has 0 bridgehead atoms. The average Bonchev–Trinajstić information content (AvgIpc) is 2.16. The minimum absolute atomic E-state index is 0.711. The molecule has 0 aliphatic heterocycles. The Morgan fingerprint density at radius 3 is 2.54 bits per heavy atom. The second kappa shape index (κ2) is 9.37. The Kier molecular flexibility index (Phi) is 8.85. The summed E-state index contributed by atoms with van der Waals surface area (Å²) in [6, 6.07) is 0. The minimum atomic E-state index is 0.711. The molecule has 76 valence electrons. The van der Waals surface area contributed by atoms with Crippen molar-refractivity contribution < 1.29 is 4.74 Å². The maximum atomic E-state index is 5.55. The van der Waals surface area contributed by atoms with Crippen molar-refractivity contribution in [3.8, 4) is 0 Å². The van der Waals surface area contributed by atoms with Crippen LogP contribution >= 0.6 is 0 Å². The molecule has 1 nitrogen and oxygen atoms in total. The van der Waals surface area contributed by atoms with Gasteiger partial charge in [-0.05, 0) is 26.3 Å². The summed E-state index contributed by atoms with van der Waals surface area (Å²) in [5, 5.41) is 0. The van der Waals surface area contributed by atoms with Crippen LogP contribution in [0.25, 0.3) is 0 Å². The van der Waals surface area contributed by atoms with Crippen LogP contribution in [0, 0.1) is 0 Å². The highest BCUT2D eigenvalue weighted by Gasteiger charge is 1.95. The Bertz CT molecular complexity index is 157. The van der Waals surface area contributed by atoms with Gasteiger partial charge in [-0.25, -0.2) is 0 Å². The topological polar surface area (TPSA) is 9.23 Å². The quantitative estimate of drug-likeness (QED) is 0.328. The first-order chi connectivity index (χ1) is 6.35. The maximum Gasteiger partial charge on any atom is 0.106 e. The highest BCUT2D eigenvalue weighted by Crippen LogP contribution is 2.09. The van der Waals surface area contributed by atoms with Crippen molar-refractivity contribution in [1.29, 1.82) is 0 Å². The Hall–Kier alpha value is -0.720. The fourth-order valence-electron chi connectivity index (χ4n) is 1.10. The van der Waals surface area contributed by atoms with E-state index in [1.165, 1.54) is 19.3 Å². The molecule has 0 fully saturated rings. The zero-order valence-corrected chi connectivity index (χ0v) is 9.18. The second-order valence-corrected chi connectivity index (χ2v) is 3.09. The average molecular weight is 182 g/mol. The van der Waals surface area contributed by atoms with Gasteiger partial charge < -0.3 is 4.74 Å². The first-order valence-electron chi connectivity index (χ1n) is 5.24. The van der Waals surface area contributed by atoms with Crippen LogP contribution in [0.15, 0.2) is 24.0 Å². The Balaban J connectivity index is 3.52. The Morgan fingerprint density at radius 2 is 2.00 bits per heavy atom. The van der Waals surface area contributed by atoms with E-state index in [1.54, 1.807) is 0 Å². The third-order valence-electron chi connectivity index (χ3n) is 1.95. The summed E-state index contributed by atoms with van der Waals surface area (Å²) >= 11 is 0. The van der Waals surface area contributed by atoms with Crippen molar-refractivity contribution in [3.05, 3.63) is 24.0 Å². The van der Waals surface area contributed by atoms with E-state index >= 15 is 0 Å². The SMILES string of the molecule is C/C=C\CO/C(=C\C)CCCCC. The standard InChI is InChI=1S/C12H22O/c1-4-7-9-10-12(6-3)13-11-8-5-2/h5-6,8H,4,7,9-11H2,1-3H3/b8-5-,12-6-. The molecule has 0 aromatic carbocycles. The summed E-state index contributed by atoms with van der Waals surface area (Å²) in [6.45, 7) is 6.98. The van der Waals surface area contributed by atoms with Crippen LogP contribution in [0.5, 0.6) is 0 Å². The molecule has 0 rings (SSSR count). The van der Waals surface area contributed by atoms with Gasteiger partial charge in [-0.3, -0.25) is 0 Å². The van der Waals surface area contributed by atoms with Crippen LogP contribution in [0.3, 0.4) is 0 Å². The van der Waals surface area contributed by atoms with Crippen LogP contribution in [-0.2, 0) is 4.74 Å².